The van der Waals surface area contributed by atoms with Crippen LogP contribution in [0.25, 0.3) is 0 Å². The molecule has 2 saturated heterocycles. The maximum Gasteiger partial charge on any atom is 0.409 e. The number of nitro groups is 1. The number of non-ortho nitro benzene ring substituents is 1. The van der Waals surface area contributed by atoms with Crippen molar-refractivity contribution >= 4 is 29.4 Å². The molecular formula is C28H36N4O6S. The van der Waals surface area contributed by atoms with Crippen LogP contribution in [0, 0.1) is 16.0 Å². The molecule has 2 aliphatic rings. The number of likely N-dealkylation sites (N-methyl/N-ethyl adjacent to an activating group) is 1. The minimum absolute atomic E-state index is 0.00541. The summed E-state index contributed by atoms with van der Waals surface area (Å²) in [4.78, 5) is 41.8. The highest BCUT2D eigenvalue weighted by Gasteiger charge is 2.39. The predicted octanol–water partition coefficient (Wildman–Crippen LogP) is 4.03. The lowest BCUT2D eigenvalue weighted by molar-refractivity contribution is -0.384. The SMILES string of the molecule is COc1ccc(CS[C@H]2C[C@@H](C(=O)N3CC[C@H](CN(C)C(=O)OCc4ccc([N+](=O)[O-])cc4)C3)N(C)C2)cc1. The molecule has 4 rings (SSSR count). The summed E-state index contributed by atoms with van der Waals surface area (Å²) in [6.45, 7) is 2.76. The van der Waals surface area contributed by atoms with E-state index in [1.54, 1.807) is 26.3 Å². The first-order chi connectivity index (χ1) is 18.7. The van der Waals surface area contributed by atoms with Crippen molar-refractivity contribution in [1.82, 2.24) is 14.7 Å². The molecule has 0 unspecified atom stereocenters. The van der Waals surface area contributed by atoms with E-state index in [2.05, 4.69) is 17.0 Å². The van der Waals surface area contributed by atoms with Gasteiger partial charge in [0.25, 0.3) is 5.69 Å². The van der Waals surface area contributed by atoms with Gasteiger partial charge in [-0.05, 0) is 61.2 Å². The van der Waals surface area contributed by atoms with Crippen molar-refractivity contribution in [3.63, 3.8) is 0 Å². The van der Waals surface area contributed by atoms with Gasteiger partial charge in [-0.3, -0.25) is 19.8 Å². The van der Waals surface area contributed by atoms with E-state index in [-0.39, 0.29) is 30.2 Å². The molecule has 3 atom stereocenters. The van der Waals surface area contributed by atoms with Crippen LogP contribution in [-0.4, -0.2) is 90.3 Å². The lowest BCUT2D eigenvalue weighted by Gasteiger charge is -2.25. The normalized spacial score (nSPS) is 21.1. The summed E-state index contributed by atoms with van der Waals surface area (Å²) in [7, 11) is 5.38. The second kappa shape index (κ2) is 13.2. The third-order valence-electron chi connectivity index (χ3n) is 7.39. The van der Waals surface area contributed by atoms with Crippen molar-refractivity contribution in [2.24, 2.45) is 5.92 Å². The summed E-state index contributed by atoms with van der Waals surface area (Å²) >= 11 is 1.89. The van der Waals surface area contributed by atoms with Crippen molar-refractivity contribution in [2.45, 2.75) is 36.5 Å². The van der Waals surface area contributed by atoms with Crippen LogP contribution in [0.1, 0.15) is 24.0 Å². The smallest absolute Gasteiger partial charge is 0.409 e. The summed E-state index contributed by atoms with van der Waals surface area (Å²) < 4.78 is 10.6. The standard InChI is InChI=1S/C28H36N4O6S/c1-29-17-25(39-19-21-6-10-24(37-3)11-7-21)14-26(29)27(33)31-13-12-22(16-31)15-30(2)28(34)38-18-20-4-8-23(9-5-20)32(35)36/h4-11,22,25-26H,12-19H2,1-3H3/t22-,25+,26+/m1/s1. The quantitative estimate of drug-likeness (QED) is 0.319. The van der Waals surface area contributed by atoms with Crippen LogP contribution in [-0.2, 0) is 21.9 Å². The highest BCUT2D eigenvalue weighted by molar-refractivity contribution is 7.99. The fraction of sp³-hybridized carbons (Fsp3) is 0.500. The van der Waals surface area contributed by atoms with Crippen LogP contribution >= 0.6 is 11.8 Å². The Hall–Kier alpha value is -3.31. The Kier molecular flexibility index (Phi) is 9.68. The number of carbonyl (C=O) groups is 2. The van der Waals surface area contributed by atoms with Gasteiger partial charge in [-0.25, -0.2) is 4.79 Å². The number of hydrogen-bond acceptors (Lipinski definition) is 8. The molecule has 0 spiro atoms. The lowest BCUT2D eigenvalue weighted by Crippen LogP contribution is -2.43. The number of rotatable bonds is 10. The number of ether oxygens (including phenoxy) is 2. The minimum atomic E-state index is -0.467. The van der Waals surface area contributed by atoms with Crippen LogP contribution in [0.5, 0.6) is 5.75 Å². The molecule has 39 heavy (non-hydrogen) atoms. The third-order valence-corrected chi connectivity index (χ3v) is 8.70. The molecular weight excluding hydrogens is 520 g/mol. The number of methoxy groups -OCH3 is 1. The molecule has 0 bridgehead atoms. The molecule has 2 aliphatic heterocycles. The van der Waals surface area contributed by atoms with Crippen LogP contribution in [0.4, 0.5) is 10.5 Å². The first-order valence-electron chi connectivity index (χ1n) is 13.1. The van der Waals surface area contributed by atoms with E-state index >= 15 is 0 Å². The van der Waals surface area contributed by atoms with Crippen molar-refractivity contribution in [2.75, 3.05) is 47.4 Å². The van der Waals surface area contributed by atoms with E-state index in [9.17, 15) is 19.7 Å². The van der Waals surface area contributed by atoms with E-state index in [1.807, 2.05) is 35.8 Å². The van der Waals surface area contributed by atoms with E-state index in [4.69, 9.17) is 9.47 Å². The van der Waals surface area contributed by atoms with E-state index < -0.39 is 11.0 Å². The molecule has 10 nitrogen and oxygen atoms in total. The molecule has 2 fully saturated rings. The van der Waals surface area contributed by atoms with E-state index in [0.717, 1.165) is 30.9 Å². The van der Waals surface area contributed by atoms with Gasteiger partial charge in [-0.15, -0.1) is 0 Å². The van der Waals surface area contributed by atoms with Gasteiger partial charge >= 0.3 is 6.09 Å². The average Bonchev–Trinajstić information content (AvgIpc) is 3.56. The number of thioether (sulfide) groups is 1. The number of nitrogens with zero attached hydrogens (tertiary/aromatic N) is 4. The number of benzene rings is 2. The van der Waals surface area contributed by atoms with Crippen LogP contribution in [0.2, 0.25) is 0 Å². The molecule has 11 heteroatoms. The average molecular weight is 557 g/mol. The Morgan fingerprint density at radius 3 is 2.46 bits per heavy atom. The van der Waals surface area contributed by atoms with Crippen LogP contribution in [0.3, 0.4) is 0 Å². The monoisotopic (exact) mass is 556 g/mol. The minimum Gasteiger partial charge on any atom is -0.497 e. The highest BCUT2D eigenvalue weighted by atomic mass is 32.2. The summed E-state index contributed by atoms with van der Waals surface area (Å²) in [5, 5.41) is 11.2. The Morgan fingerprint density at radius 2 is 1.79 bits per heavy atom. The molecule has 0 saturated carbocycles. The van der Waals surface area contributed by atoms with Crippen molar-refractivity contribution in [3.8, 4) is 5.75 Å². The summed E-state index contributed by atoms with van der Waals surface area (Å²) in [5.41, 5.74) is 1.92. The Labute approximate surface area is 233 Å². The number of likely N-dealkylation sites (tertiary alicyclic amines) is 2. The zero-order valence-corrected chi connectivity index (χ0v) is 23.5. The molecule has 0 aromatic heterocycles. The largest absolute Gasteiger partial charge is 0.497 e. The molecule has 2 aromatic rings. The molecule has 2 amide bonds. The van der Waals surface area contributed by atoms with Gasteiger partial charge in [0.1, 0.15) is 12.4 Å². The Morgan fingerprint density at radius 1 is 1.10 bits per heavy atom. The second-order valence-electron chi connectivity index (χ2n) is 10.3. The van der Waals surface area contributed by atoms with Gasteiger partial charge in [-0.1, -0.05) is 12.1 Å². The van der Waals surface area contributed by atoms with Gasteiger partial charge < -0.3 is 19.3 Å². The van der Waals surface area contributed by atoms with Gasteiger partial charge in [0.2, 0.25) is 5.91 Å². The van der Waals surface area contributed by atoms with Crippen LogP contribution in [0.15, 0.2) is 48.5 Å². The molecule has 2 heterocycles. The molecule has 2 aromatic carbocycles. The summed E-state index contributed by atoms with van der Waals surface area (Å²) in [5.74, 6) is 2.12. The van der Waals surface area contributed by atoms with E-state index in [1.165, 1.54) is 22.6 Å². The second-order valence-corrected chi connectivity index (χ2v) is 11.6. The summed E-state index contributed by atoms with van der Waals surface area (Å²) in [6.07, 6.45) is 1.23. The number of amides is 2. The number of carbonyl (C=O) groups excluding carboxylic acids is 2. The predicted molar refractivity (Wildman–Crippen MR) is 150 cm³/mol. The highest BCUT2D eigenvalue weighted by Crippen LogP contribution is 2.31. The Bertz CT molecular complexity index is 1150. The third kappa shape index (κ3) is 7.63. The first kappa shape index (κ1) is 28.7. The maximum atomic E-state index is 13.4. The fourth-order valence-electron chi connectivity index (χ4n) is 5.12. The van der Waals surface area contributed by atoms with Gasteiger partial charge in [0, 0.05) is 56.4 Å². The van der Waals surface area contributed by atoms with Gasteiger partial charge in [-0.2, -0.15) is 11.8 Å². The van der Waals surface area contributed by atoms with Gasteiger partial charge in [0.05, 0.1) is 18.1 Å². The van der Waals surface area contributed by atoms with Crippen molar-refractivity contribution in [1.29, 1.82) is 0 Å². The zero-order chi connectivity index (χ0) is 27.9. The maximum absolute atomic E-state index is 13.4. The first-order valence-corrected chi connectivity index (χ1v) is 14.1. The molecule has 0 N–H and O–H groups in total. The van der Waals surface area contributed by atoms with Crippen molar-refractivity contribution in [3.05, 3.63) is 69.8 Å². The van der Waals surface area contributed by atoms with E-state index in [0.29, 0.717) is 30.4 Å². The van der Waals surface area contributed by atoms with Gasteiger partial charge in [0.15, 0.2) is 0 Å². The molecule has 0 radical (unpaired) electrons. The number of hydrogen-bond donors (Lipinski definition) is 0. The number of nitro benzene ring substituents is 1. The molecule has 210 valence electrons. The summed E-state index contributed by atoms with van der Waals surface area (Å²) in [6, 6.07) is 13.9. The molecule has 0 aliphatic carbocycles. The topological polar surface area (TPSA) is 105 Å². The van der Waals surface area contributed by atoms with Crippen molar-refractivity contribution < 1.29 is 24.0 Å². The lowest BCUT2D eigenvalue weighted by atomic mass is 10.1. The fourth-order valence-corrected chi connectivity index (χ4v) is 6.40. The Balaban J connectivity index is 1.19. The zero-order valence-electron chi connectivity index (χ0n) is 22.7. The van der Waals surface area contributed by atoms with Crippen LogP contribution < -0.4 is 4.74 Å².